The van der Waals surface area contributed by atoms with Gasteiger partial charge in [0.2, 0.25) is 0 Å². The lowest BCUT2D eigenvalue weighted by molar-refractivity contribution is 0.0537. The van der Waals surface area contributed by atoms with Gasteiger partial charge in [0.25, 0.3) is 11.5 Å². The number of amides is 1. The van der Waals surface area contributed by atoms with Crippen molar-refractivity contribution in [3.05, 3.63) is 69.8 Å². The lowest BCUT2D eigenvalue weighted by atomic mass is 10.1. The summed E-state index contributed by atoms with van der Waals surface area (Å²) in [5.41, 5.74) is 5.68. The van der Waals surface area contributed by atoms with Crippen molar-refractivity contribution in [2.75, 3.05) is 14.2 Å². The number of nitrogens with zero attached hydrogens (tertiary/aromatic N) is 3. The second-order valence-corrected chi connectivity index (χ2v) is 7.42. The molecular weight excluding hydrogens is 368 g/mol. The van der Waals surface area contributed by atoms with E-state index in [4.69, 9.17) is 4.84 Å². The van der Waals surface area contributed by atoms with E-state index in [2.05, 4.69) is 36.3 Å². The summed E-state index contributed by atoms with van der Waals surface area (Å²) in [7, 11) is 3.43. The maximum Gasteiger partial charge on any atom is 0.274 e. The van der Waals surface area contributed by atoms with Crippen molar-refractivity contribution in [1.29, 1.82) is 0 Å². The van der Waals surface area contributed by atoms with Gasteiger partial charge in [0.1, 0.15) is 6.33 Å². The molecule has 1 heterocycles. The van der Waals surface area contributed by atoms with E-state index in [0.29, 0.717) is 28.2 Å². The van der Waals surface area contributed by atoms with E-state index < -0.39 is 0 Å². The van der Waals surface area contributed by atoms with Crippen molar-refractivity contribution < 1.29 is 9.63 Å². The summed E-state index contributed by atoms with van der Waals surface area (Å²) in [5, 5.41) is 0.549. The molecule has 0 saturated carbocycles. The van der Waals surface area contributed by atoms with E-state index in [1.165, 1.54) is 18.0 Å². The highest BCUT2D eigenvalue weighted by atomic mass is 16.6. The first-order valence-electron chi connectivity index (χ1n) is 9.46. The zero-order chi connectivity index (χ0) is 21.1. The van der Waals surface area contributed by atoms with E-state index in [-0.39, 0.29) is 11.5 Å². The third-order valence-electron chi connectivity index (χ3n) is 5.06. The second kappa shape index (κ2) is 8.55. The lowest BCUT2D eigenvalue weighted by Gasteiger charge is -2.21. The van der Waals surface area contributed by atoms with Crippen molar-refractivity contribution in [2.24, 2.45) is 0 Å². The van der Waals surface area contributed by atoms with Gasteiger partial charge in [-0.05, 0) is 63.2 Å². The molecule has 2 aromatic carbocycles. The van der Waals surface area contributed by atoms with Crippen molar-refractivity contribution in [3.8, 4) is 5.69 Å². The third kappa shape index (κ3) is 4.36. The number of benzene rings is 2. The summed E-state index contributed by atoms with van der Waals surface area (Å²) in [6.45, 7) is 6.89. The first kappa shape index (κ1) is 20.7. The molecule has 0 unspecified atom stereocenters. The van der Waals surface area contributed by atoms with Crippen molar-refractivity contribution in [1.82, 2.24) is 19.9 Å². The zero-order valence-electron chi connectivity index (χ0n) is 17.4. The van der Waals surface area contributed by atoms with Crippen molar-refractivity contribution in [3.63, 3.8) is 0 Å². The lowest BCUT2D eigenvalue weighted by Crippen LogP contribution is -2.26. The number of hydrogen-bond donors (Lipinski definition) is 1. The molecular formula is C22H26N4O3. The van der Waals surface area contributed by atoms with Crippen LogP contribution in [0.2, 0.25) is 0 Å². The van der Waals surface area contributed by atoms with Crippen molar-refractivity contribution >= 4 is 16.8 Å². The van der Waals surface area contributed by atoms with Crippen LogP contribution in [-0.2, 0) is 11.4 Å². The topological polar surface area (TPSA) is 76.5 Å². The molecule has 7 nitrogen and oxygen atoms in total. The molecule has 0 spiro atoms. The van der Waals surface area contributed by atoms with E-state index in [1.807, 2.05) is 25.1 Å². The first-order chi connectivity index (χ1) is 13.8. The maximum absolute atomic E-state index is 13.2. The van der Waals surface area contributed by atoms with E-state index in [1.54, 1.807) is 18.2 Å². The number of hydrogen-bond acceptors (Lipinski definition) is 5. The first-order valence-corrected chi connectivity index (χ1v) is 9.46. The minimum Gasteiger partial charge on any atom is -0.300 e. The van der Waals surface area contributed by atoms with Gasteiger partial charge < -0.3 is 0 Å². The summed E-state index contributed by atoms with van der Waals surface area (Å²) in [6.07, 6.45) is 1.50. The van der Waals surface area contributed by atoms with Gasteiger partial charge >= 0.3 is 0 Å². The maximum atomic E-state index is 13.2. The standard InChI is InChI=1S/C22H26N4O3/c1-14(2)25(4)12-16-7-9-19-18(10-16)22(28)26(13-23-19)20-11-17(8-6-15(20)3)21(27)24-29-5/h6-11,13-14H,12H2,1-5H3,(H,24,27). The van der Waals surface area contributed by atoms with Gasteiger partial charge in [-0.25, -0.2) is 10.5 Å². The van der Waals surface area contributed by atoms with Crippen LogP contribution in [0.4, 0.5) is 0 Å². The van der Waals surface area contributed by atoms with Gasteiger partial charge in [-0.15, -0.1) is 0 Å². The number of aromatic nitrogens is 2. The molecule has 7 heteroatoms. The molecule has 0 bridgehead atoms. The second-order valence-electron chi connectivity index (χ2n) is 7.42. The van der Waals surface area contributed by atoms with Gasteiger partial charge in [-0.2, -0.15) is 0 Å². The number of aryl methyl sites for hydroxylation is 1. The molecule has 0 radical (unpaired) electrons. The Bertz CT molecular complexity index is 1100. The number of nitrogens with one attached hydrogen (secondary N) is 1. The van der Waals surface area contributed by atoms with Crippen LogP contribution >= 0.6 is 0 Å². The average Bonchev–Trinajstić information content (AvgIpc) is 2.69. The number of hydroxylamine groups is 1. The monoisotopic (exact) mass is 394 g/mol. The number of carbonyl (C=O) groups excluding carboxylic acids is 1. The Balaban J connectivity index is 2.09. The normalized spacial score (nSPS) is 11.4. The fourth-order valence-electron chi connectivity index (χ4n) is 3.07. The Morgan fingerprint density at radius 3 is 2.69 bits per heavy atom. The van der Waals surface area contributed by atoms with Gasteiger partial charge in [-0.1, -0.05) is 12.1 Å². The number of rotatable bonds is 6. The number of carbonyl (C=O) groups is 1. The predicted molar refractivity (Wildman–Crippen MR) is 113 cm³/mol. The van der Waals surface area contributed by atoms with Crippen molar-refractivity contribution in [2.45, 2.75) is 33.4 Å². The molecule has 3 aromatic rings. The van der Waals surface area contributed by atoms with Crippen LogP contribution < -0.4 is 11.0 Å². The largest absolute Gasteiger partial charge is 0.300 e. The van der Waals surface area contributed by atoms with Gasteiger partial charge in [0.05, 0.1) is 23.7 Å². The molecule has 3 rings (SSSR count). The Kier molecular flexibility index (Phi) is 6.10. The highest BCUT2D eigenvalue weighted by Gasteiger charge is 2.13. The predicted octanol–water partition coefficient (Wildman–Crippen LogP) is 2.83. The fraction of sp³-hybridized carbons (Fsp3) is 0.318. The summed E-state index contributed by atoms with van der Waals surface area (Å²) in [5.74, 6) is -0.380. The third-order valence-corrected chi connectivity index (χ3v) is 5.06. The molecule has 152 valence electrons. The van der Waals surface area contributed by atoms with Gasteiger partial charge in [0, 0.05) is 18.2 Å². The molecule has 0 aliphatic carbocycles. The summed E-state index contributed by atoms with van der Waals surface area (Å²) >= 11 is 0. The molecule has 0 atom stereocenters. The Morgan fingerprint density at radius 1 is 1.24 bits per heavy atom. The molecule has 0 saturated heterocycles. The van der Waals surface area contributed by atoms with Gasteiger partial charge in [-0.3, -0.25) is 23.9 Å². The SMILES string of the molecule is CONC(=O)c1ccc(C)c(-n2cnc3ccc(CN(C)C(C)C)cc3c2=O)c1. The van der Waals surface area contributed by atoms with Crippen LogP contribution in [0.1, 0.15) is 35.3 Å². The van der Waals surface area contributed by atoms with Gasteiger partial charge in [0.15, 0.2) is 0 Å². The van der Waals surface area contributed by atoms with E-state index in [9.17, 15) is 9.59 Å². The Hall–Kier alpha value is -3.03. The minimum atomic E-state index is -0.380. The smallest absolute Gasteiger partial charge is 0.274 e. The van der Waals surface area contributed by atoms with Crippen LogP contribution in [0.3, 0.4) is 0 Å². The molecule has 1 amide bonds. The van der Waals surface area contributed by atoms with E-state index >= 15 is 0 Å². The molecule has 29 heavy (non-hydrogen) atoms. The molecule has 0 fully saturated rings. The van der Waals surface area contributed by atoms with Crippen LogP contribution in [-0.4, -0.2) is 40.6 Å². The Labute approximate surface area is 169 Å². The Morgan fingerprint density at radius 2 is 2.00 bits per heavy atom. The zero-order valence-corrected chi connectivity index (χ0v) is 17.4. The molecule has 0 aliphatic heterocycles. The van der Waals surface area contributed by atoms with Crippen LogP contribution in [0, 0.1) is 6.92 Å². The minimum absolute atomic E-state index is 0.170. The summed E-state index contributed by atoms with van der Waals surface area (Å²) in [6, 6.07) is 11.3. The molecule has 1 aromatic heterocycles. The molecule has 1 N–H and O–H groups in total. The highest BCUT2D eigenvalue weighted by Crippen LogP contribution is 2.17. The van der Waals surface area contributed by atoms with E-state index in [0.717, 1.165) is 17.7 Å². The highest BCUT2D eigenvalue weighted by molar-refractivity contribution is 5.94. The summed E-state index contributed by atoms with van der Waals surface area (Å²) in [4.78, 5) is 36.7. The van der Waals surface area contributed by atoms with Crippen LogP contribution in [0.15, 0.2) is 47.5 Å². The average molecular weight is 394 g/mol. The fourth-order valence-corrected chi connectivity index (χ4v) is 3.07. The number of fused-ring (bicyclic) bond motifs is 1. The summed E-state index contributed by atoms with van der Waals surface area (Å²) < 4.78 is 1.48. The van der Waals surface area contributed by atoms with Crippen LogP contribution in [0.5, 0.6) is 0 Å². The van der Waals surface area contributed by atoms with Crippen LogP contribution in [0.25, 0.3) is 16.6 Å². The molecule has 0 aliphatic rings. The quantitative estimate of drug-likeness (QED) is 0.651.